The molecule has 0 unspecified atom stereocenters. The summed E-state index contributed by atoms with van der Waals surface area (Å²) in [4.78, 5) is 27.3. The van der Waals surface area contributed by atoms with E-state index in [1.54, 1.807) is 24.3 Å². The number of aryl methyl sites for hydroxylation is 1. The Hall–Kier alpha value is -4.66. The van der Waals surface area contributed by atoms with E-state index in [1.165, 1.54) is 25.1 Å². The van der Waals surface area contributed by atoms with E-state index in [9.17, 15) is 31.5 Å². The highest BCUT2D eigenvalue weighted by Crippen LogP contribution is 2.31. The van der Waals surface area contributed by atoms with E-state index < -0.39 is 23.4 Å². The molecule has 0 aliphatic carbocycles. The predicted octanol–water partition coefficient (Wildman–Crippen LogP) is 8.27. The lowest BCUT2D eigenvalue weighted by Crippen LogP contribution is -2.18. The average Bonchev–Trinajstić information content (AvgIpc) is 2.97. The van der Waals surface area contributed by atoms with Crippen LogP contribution in [0.25, 0.3) is 11.1 Å². The third-order valence-electron chi connectivity index (χ3n) is 6.60. The van der Waals surface area contributed by atoms with E-state index >= 15 is 0 Å². The number of carbonyl (C=O) groups excluding carboxylic acids is 2. The molecule has 1 amide bonds. The highest BCUT2D eigenvalue weighted by molar-refractivity contribution is 6.15. The molecule has 0 saturated heterocycles. The third-order valence-corrected chi connectivity index (χ3v) is 6.60. The molecule has 0 spiro atoms. The van der Waals surface area contributed by atoms with Gasteiger partial charge in [0.2, 0.25) is 5.91 Å². The van der Waals surface area contributed by atoms with Gasteiger partial charge < -0.3 is 5.32 Å². The van der Waals surface area contributed by atoms with Gasteiger partial charge >= 0.3 is 6.18 Å². The van der Waals surface area contributed by atoms with E-state index in [2.05, 4.69) is 10.3 Å². The molecule has 4 nitrogen and oxygen atoms in total. The molecule has 42 heavy (non-hydrogen) atoms. The molecule has 0 atom stereocenters. The van der Waals surface area contributed by atoms with Crippen molar-refractivity contribution in [3.63, 3.8) is 0 Å². The second-order valence-electron chi connectivity index (χ2n) is 9.69. The summed E-state index contributed by atoms with van der Waals surface area (Å²) in [6, 6.07) is 23.7. The van der Waals surface area contributed by atoms with E-state index in [0.717, 1.165) is 29.3 Å². The number of ketones is 1. The lowest BCUT2D eigenvalue weighted by atomic mass is 9.96. The largest absolute Gasteiger partial charge is 0.416 e. The monoisotopic (exact) mass is 578 g/mol. The van der Waals surface area contributed by atoms with Crippen molar-refractivity contribution in [2.24, 2.45) is 4.99 Å². The fourth-order valence-corrected chi connectivity index (χ4v) is 4.36. The smallest absolute Gasteiger partial charge is 0.352 e. The van der Waals surface area contributed by atoms with E-state index in [4.69, 9.17) is 0 Å². The molecule has 0 saturated carbocycles. The first-order valence-electron chi connectivity index (χ1n) is 13.1. The van der Waals surface area contributed by atoms with Gasteiger partial charge in [0.05, 0.1) is 11.3 Å². The Kier molecular flexibility index (Phi) is 9.62. The molecule has 1 N–H and O–H groups in total. The molecule has 0 bridgehead atoms. The Labute approximate surface area is 239 Å². The second kappa shape index (κ2) is 13.3. The molecule has 0 radical (unpaired) electrons. The molecule has 0 aromatic heterocycles. The van der Waals surface area contributed by atoms with Crippen LogP contribution in [0.2, 0.25) is 0 Å². The van der Waals surface area contributed by atoms with E-state index in [1.807, 2.05) is 30.3 Å². The third kappa shape index (κ3) is 7.96. The number of hydrogen-bond acceptors (Lipinski definition) is 3. The van der Waals surface area contributed by atoms with Crippen LogP contribution in [0.1, 0.15) is 46.8 Å². The normalized spacial score (nSPS) is 12.5. The maximum Gasteiger partial charge on any atom is 0.416 e. The number of nitrogens with one attached hydrogen (secondary N) is 1. The molecule has 4 aromatic carbocycles. The molecule has 9 heteroatoms. The zero-order valence-electron chi connectivity index (χ0n) is 22.6. The van der Waals surface area contributed by atoms with Crippen LogP contribution in [0.3, 0.4) is 0 Å². The molecule has 1 heterocycles. The summed E-state index contributed by atoms with van der Waals surface area (Å²) in [6.45, 7) is 1.87. The highest BCUT2D eigenvalue weighted by Gasteiger charge is 2.30. The zero-order valence-corrected chi connectivity index (χ0v) is 22.6. The van der Waals surface area contributed by atoms with Crippen molar-refractivity contribution in [2.45, 2.75) is 38.9 Å². The number of aliphatic imine (C=N–C) groups is 1. The van der Waals surface area contributed by atoms with Gasteiger partial charge in [-0.25, -0.2) is 8.78 Å². The van der Waals surface area contributed by atoms with Crippen LogP contribution in [-0.4, -0.2) is 17.4 Å². The van der Waals surface area contributed by atoms with Gasteiger partial charge in [-0.3, -0.25) is 14.6 Å². The summed E-state index contributed by atoms with van der Waals surface area (Å²) in [6.07, 6.45) is -3.30. The van der Waals surface area contributed by atoms with Crippen LogP contribution in [0.15, 0.2) is 96.0 Å². The Morgan fingerprint density at radius 3 is 2.12 bits per heavy atom. The van der Waals surface area contributed by atoms with Crippen molar-refractivity contribution in [1.82, 2.24) is 5.32 Å². The van der Waals surface area contributed by atoms with Crippen LogP contribution in [0.5, 0.6) is 0 Å². The number of alkyl halides is 3. The molecular formula is C33H27F5N2O2. The quantitative estimate of drug-likeness (QED) is 0.234. The fraction of sp³-hybridized carbons (Fsp3) is 0.182. The Balaban J connectivity index is 0.000000193. The number of halogens is 5. The van der Waals surface area contributed by atoms with Gasteiger partial charge in [-0.1, -0.05) is 60.7 Å². The van der Waals surface area contributed by atoms with Crippen molar-refractivity contribution in [3.05, 3.63) is 125 Å². The lowest BCUT2D eigenvalue weighted by molar-refractivity contribution is -0.137. The maximum atomic E-state index is 13.6. The van der Waals surface area contributed by atoms with Gasteiger partial charge in [0, 0.05) is 31.2 Å². The van der Waals surface area contributed by atoms with Gasteiger partial charge in [-0.15, -0.1) is 0 Å². The van der Waals surface area contributed by atoms with Gasteiger partial charge in [0.25, 0.3) is 0 Å². The molecule has 1 aliphatic heterocycles. The average molecular weight is 579 g/mol. The van der Waals surface area contributed by atoms with Crippen LogP contribution in [-0.2, 0) is 23.9 Å². The predicted molar refractivity (Wildman–Crippen MR) is 152 cm³/mol. The molecule has 1 aliphatic rings. The molecular weight excluding hydrogens is 551 g/mol. The highest BCUT2D eigenvalue weighted by atomic mass is 19.4. The van der Waals surface area contributed by atoms with Crippen LogP contribution < -0.4 is 5.32 Å². The zero-order chi connectivity index (χ0) is 30.3. The standard InChI is InChI=1S/C17H13F2NO.C16H14F3NO/c18-14-6-3-4-11(17(14)19)8-9-12-10-16(21)13-5-1-2-7-15(13)20-12;1-11(21)20-10-12-2-4-13(5-3-12)14-6-8-15(9-7-14)16(17,18)19/h1-7H,8-10H2;2-9H,10H2,1H3,(H,20,21). The molecule has 5 rings (SSSR count). The number of rotatable bonds is 6. The lowest BCUT2D eigenvalue weighted by Gasteiger charge is -2.14. The number of nitrogens with zero attached hydrogens (tertiary/aromatic N) is 1. The summed E-state index contributed by atoms with van der Waals surface area (Å²) in [5, 5.41) is 2.68. The number of fused-ring (bicyclic) bond motifs is 1. The molecule has 0 fully saturated rings. The summed E-state index contributed by atoms with van der Waals surface area (Å²) < 4.78 is 64.2. The number of hydrogen-bond donors (Lipinski definition) is 1. The van der Waals surface area contributed by atoms with Gasteiger partial charge in [0.1, 0.15) is 0 Å². The molecule has 4 aromatic rings. The number of amides is 1. The van der Waals surface area contributed by atoms with Crippen molar-refractivity contribution in [2.75, 3.05) is 0 Å². The summed E-state index contributed by atoms with van der Waals surface area (Å²) in [5.41, 5.74) is 4.12. The SMILES string of the molecule is CC(=O)NCc1ccc(-c2ccc(C(F)(F)F)cc2)cc1.O=C1CC(CCc2cccc(F)c2F)=Nc2ccccc21. The number of carbonyl (C=O) groups is 2. The van der Waals surface area contributed by atoms with Gasteiger partial charge in [-0.2, -0.15) is 13.2 Å². The topological polar surface area (TPSA) is 58.5 Å². The van der Waals surface area contributed by atoms with Crippen molar-refractivity contribution in [3.8, 4) is 11.1 Å². The van der Waals surface area contributed by atoms with Gasteiger partial charge in [-0.05, 0) is 65.4 Å². The Morgan fingerprint density at radius 1 is 0.833 bits per heavy atom. The summed E-state index contributed by atoms with van der Waals surface area (Å²) in [5.74, 6) is -1.75. The van der Waals surface area contributed by atoms with Crippen LogP contribution in [0.4, 0.5) is 27.6 Å². The maximum absolute atomic E-state index is 13.6. The van der Waals surface area contributed by atoms with Crippen molar-refractivity contribution >= 4 is 23.1 Å². The number of Topliss-reactive ketones (excluding diaryl/α,β-unsaturated/α-hetero) is 1. The van der Waals surface area contributed by atoms with Crippen molar-refractivity contribution < 1.29 is 31.5 Å². The second-order valence-corrected chi connectivity index (χ2v) is 9.69. The molecule has 216 valence electrons. The minimum atomic E-state index is -4.32. The van der Waals surface area contributed by atoms with Crippen LogP contribution >= 0.6 is 0 Å². The minimum absolute atomic E-state index is 0.0234. The van der Waals surface area contributed by atoms with Crippen molar-refractivity contribution in [1.29, 1.82) is 0 Å². The van der Waals surface area contributed by atoms with Gasteiger partial charge in [0.15, 0.2) is 17.4 Å². The number of para-hydroxylation sites is 1. The number of benzene rings is 4. The van der Waals surface area contributed by atoms with E-state index in [0.29, 0.717) is 47.5 Å². The van der Waals surface area contributed by atoms with E-state index in [-0.39, 0.29) is 18.1 Å². The first kappa shape index (κ1) is 30.3. The summed E-state index contributed by atoms with van der Waals surface area (Å²) in [7, 11) is 0. The van der Waals surface area contributed by atoms with Crippen LogP contribution in [0, 0.1) is 11.6 Å². The first-order valence-corrected chi connectivity index (χ1v) is 13.1. The Morgan fingerprint density at radius 2 is 1.48 bits per heavy atom. The fourth-order valence-electron chi connectivity index (χ4n) is 4.36. The summed E-state index contributed by atoms with van der Waals surface area (Å²) >= 11 is 0. The first-order chi connectivity index (χ1) is 20.0. The minimum Gasteiger partial charge on any atom is -0.352 e. The Bertz CT molecular complexity index is 1590.